The first-order chi connectivity index (χ1) is 40.8. The lowest BCUT2D eigenvalue weighted by atomic mass is 9.80. The number of anilines is 2. The van der Waals surface area contributed by atoms with E-state index in [0.29, 0.717) is 77.5 Å². The van der Waals surface area contributed by atoms with Gasteiger partial charge in [0.15, 0.2) is 0 Å². The van der Waals surface area contributed by atoms with E-state index in [9.17, 15) is 0 Å². The van der Waals surface area contributed by atoms with Crippen LogP contribution in [-0.2, 0) is 21.7 Å². The number of imide groups is 2. The molecule has 0 atom stereocenters. The lowest BCUT2D eigenvalue weighted by molar-refractivity contribution is 0.0877. The Labute approximate surface area is 500 Å². The van der Waals surface area contributed by atoms with E-state index in [-0.39, 0.29) is 66.9 Å². The molecule has 10 nitrogen and oxygen atoms in total. The number of amides is 4. The van der Waals surface area contributed by atoms with Crippen LogP contribution in [-0.4, -0.2) is 23.6 Å². The summed E-state index contributed by atoms with van der Waals surface area (Å²) in [6.07, 6.45) is 0. The van der Waals surface area contributed by atoms with Gasteiger partial charge in [0, 0.05) is 43.1 Å². The molecular formula is C76H66N2O8. The topological polar surface area (TPSA) is 112 Å². The molecule has 11 aromatic rings. The summed E-state index contributed by atoms with van der Waals surface area (Å²) in [5, 5.41) is 3.32. The molecule has 86 heavy (non-hydrogen) atoms. The highest BCUT2D eigenvalue weighted by Gasteiger charge is 2.42. The summed E-state index contributed by atoms with van der Waals surface area (Å²) < 4.78 is 29.0. The molecule has 428 valence electrons. The monoisotopic (exact) mass is 1130 g/mol. The molecule has 0 unspecified atom stereocenters. The van der Waals surface area contributed by atoms with Crippen LogP contribution in [0.2, 0.25) is 0 Å². The fourth-order valence-electron chi connectivity index (χ4n) is 12.1. The van der Waals surface area contributed by atoms with Crippen molar-refractivity contribution < 1.29 is 38.1 Å². The zero-order chi connectivity index (χ0) is 60.5. The van der Waals surface area contributed by atoms with E-state index in [1.165, 1.54) is 9.80 Å². The lowest BCUT2D eigenvalue weighted by Gasteiger charge is -2.32. The Morgan fingerprint density at radius 3 is 0.663 bits per heavy atom. The number of carbonyl (C=O) groups is 4. The average Bonchev–Trinajstić information content (AvgIpc) is 0.690. The van der Waals surface area contributed by atoms with E-state index in [0.717, 1.165) is 22.3 Å². The van der Waals surface area contributed by atoms with E-state index in [1.807, 2.05) is 109 Å². The average molecular weight is 1140 g/mol. The number of nitrogens with zero attached hydrogens (tertiary/aromatic N) is 2. The molecule has 11 aromatic carbocycles. The highest BCUT2D eigenvalue weighted by atomic mass is 16.5. The summed E-state index contributed by atoms with van der Waals surface area (Å²) >= 11 is 0. The minimum atomic E-state index is -0.565. The van der Waals surface area contributed by atoms with E-state index < -0.39 is 23.6 Å². The predicted molar refractivity (Wildman–Crippen MR) is 344 cm³/mol. The summed E-state index contributed by atoms with van der Waals surface area (Å²) in [6.45, 7) is 25.7. The zero-order valence-electron chi connectivity index (χ0n) is 50.5. The van der Waals surface area contributed by atoms with Crippen molar-refractivity contribution in [2.24, 2.45) is 0 Å². The number of para-hydroxylation sites is 2. The highest BCUT2D eigenvalue weighted by Crippen LogP contribution is 2.58. The maximum atomic E-state index is 15.7. The van der Waals surface area contributed by atoms with Crippen molar-refractivity contribution in [2.45, 2.75) is 105 Å². The molecule has 2 heterocycles. The van der Waals surface area contributed by atoms with Crippen molar-refractivity contribution >= 4 is 78.1 Å². The second kappa shape index (κ2) is 19.9. The van der Waals surface area contributed by atoms with Crippen molar-refractivity contribution in [2.75, 3.05) is 9.80 Å². The van der Waals surface area contributed by atoms with E-state index in [4.69, 9.17) is 18.9 Å². The Morgan fingerprint density at radius 1 is 0.256 bits per heavy atom. The molecule has 0 saturated heterocycles. The molecule has 0 radical (unpaired) electrons. The molecule has 10 heteroatoms. The molecule has 0 spiro atoms. The van der Waals surface area contributed by atoms with Gasteiger partial charge in [-0.15, -0.1) is 0 Å². The van der Waals surface area contributed by atoms with Crippen LogP contribution in [0.3, 0.4) is 0 Å². The van der Waals surface area contributed by atoms with Gasteiger partial charge in [-0.1, -0.05) is 168 Å². The van der Waals surface area contributed by atoms with E-state index in [2.05, 4.69) is 83.1 Å². The Balaban J connectivity index is 1.24. The van der Waals surface area contributed by atoms with Gasteiger partial charge in [0.1, 0.15) is 46.0 Å². The third-order valence-corrected chi connectivity index (χ3v) is 16.7. The van der Waals surface area contributed by atoms with Crippen LogP contribution < -0.4 is 28.7 Å². The quantitative estimate of drug-likeness (QED) is 0.0756. The third-order valence-electron chi connectivity index (χ3n) is 16.7. The van der Waals surface area contributed by atoms with Gasteiger partial charge < -0.3 is 18.9 Å². The van der Waals surface area contributed by atoms with Crippen LogP contribution in [0.1, 0.15) is 147 Å². The second-order valence-electron chi connectivity index (χ2n) is 26.8. The summed E-state index contributed by atoms with van der Waals surface area (Å²) in [7, 11) is 0. The van der Waals surface area contributed by atoms with Crippen LogP contribution in [0, 0.1) is 0 Å². The van der Waals surface area contributed by atoms with Crippen molar-refractivity contribution in [1.29, 1.82) is 0 Å². The molecule has 0 aliphatic carbocycles. The van der Waals surface area contributed by atoms with Gasteiger partial charge in [-0.25, -0.2) is 9.80 Å². The fourth-order valence-corrected chi connectivity index (χ4v) is 12.1. The summed E-state index contributed by atoms with van der Waals surface area (Å²) in [6, 6.07) is 56.1. The van der Waals surface area contributed by atoms with Gasteiger partial charge in [-0.2, -0.15) is 0 Å². The Hall–Kier alpha value is -9.80. The SMILES string of the molecule is CC(C)(C)c1ccc(Oc2cc3c4c(cc(Oc5ccc(C(C)(C)C)cc5)c5c6c(Oc7ccc(C(C)(C)C)cc7)cc7c8c(cc(Oc9ccc(C(C)(C)C)cc9)c(c2c45)c86)C(=O)N(c2ccccc2)C7=O)C(=O)N(c2ccccc2)C3=O)cc1. The molecule has 4 amide bonds. The van der Waals surface area contributed by atoms with Crippen LogP contribution in [0.4, 0.5) is 11.4 Å². The maximum absolute atomic E-state index is 15.7. The first-order valence-corrected chi connectivity index (χ1v) is 29.2. The van der Waals surface area contributed by atoms with E-state index in [1.54, 1.807) is 72.8 Å². The summed E-state index contributed by atoms with van der Waals surface area (Å²) in [5.74, 6) is 0.565. The smallest absolute Gasteiger partial charge is 0.266 e. The van der Waals surface area contributed by atoms with Gasteiger partial charge in [-0.05, 0) is 141 Å². The molecule has 2 aliphatic heterocycles. The highest BCUT2D eigenvalue weighted by molar-refractivity contribution is 6.48. The Kier molecular flexibility index (Phi) is 12.8. The number of hydrogen-bond acceptors (Lipinski definition) is 8. The minimum absolute atomic E-state index is 0.178. The molecule has 0 saturated carbocycles. The van der Waals surface area contributed by atoms with Crippen LogP contribution in [0.15, 0.2) is 182 Å². The molecule has 2 aliphatic rings. The molecular weight excluding hydrogens is 1070 g/mol. The number of benzene rings is 11. The molecule has 0 aromatic heterocycles. The van der Waals surface area contributed by atoms with Crippen LogP contribution >= 0.6 is 0 Å². The van der Waals surface area contributed by atoms with Gasteiger partial charge in [0.05, 0.1) is 33.6 Å². The van der Waals surface area contributed by atoms with Crippen molar-refractivity contribution in [3.8, 4) is 46.0 Å². The molecule has 0 bridgehead atoms. The van der Waals surface area contributed by atoms with Crippen LogP contribution in [0.5, 0.6) is 46.0 Å². The van der Waals surface area contributed by atoms with Gasteiger partial charge in [-0.3, -0.25) is 19.2 Å². The lowest BCUT2D eigenvalue weighted by Crippen LogP contribution is -2.40. The standard InChI is InChI=1S/C76H66N2O8/c1-73(2,3)43-23-31-49(32-24-43)83-57-39-53-61-54(70(80)77(69(53)79)47-19-15-13-16-20-47)41-59(85-51-35-27-45(28-36-51)75(7,8)9)65-66-60(86-52-37-29-46(30-38-52)76(10,11)12)42-56-62-55(71(81)78(72(56)82)48-21-17-14-18-22-48)40-58(64(68(62)66)63(57)67(61)65)84-50-33-25-44(26-34-50)74(4,5)6/h13-42H,1-12H3. The molecule has 13 rings (SSSR count). The number of rotatable bonds is 10. The third kappa shape index (κ3) is 9.35. The first kappa shape index (κ1) is 55.4. The molecule has 0 N–H and O–H groups in total. The molecule has 0 fully saturated rings. The van der Waals surface area contributed by atoms with Crippen LogP contribution in [0.25, 0.3) is 43.1 Å². The Bertz CT molecular complexity index is 4040. The number of fused-ring (bicyclic) bond motifs is 2. The largest absolute Gasteiger partial charge is 0.457 e. The van der Waals surface area contributed by atoms with Crippen molar-refractivity contribution in [3.63, 3.8) is 0 Å². The maximum Gasteiger partial charge on any atom is 0.266 e. The zero-order valence-corrected chi connectivity index (χ0v) is 50.5. The minimum Gasteiger partial charge on any atom is -0.457 e. The normalized spacial score (nSPS) is 13.9. The number of hydrogen-bond donors (Lipinski definition) is 0. The van der Waals surface area contributed by atoms with Gasteiger partial charge in [0.2, 0.25) is 0 Å². The van der Waals surface area contributed by atoms with Crippen molar-refractivity contribution in [1.82, 2.24) is 0 Å². The second-order valence-corrected chi connectivity index (χ2v) is 26.8. The fraction of sp³-hybridized carbons (Fsp3) is 0.211. The van der Waals surface area contributed by atoms with Gasteiger partial charge >= 0.3 is 0 Å². The number of ether oxygens (including phenoxy) is 4. The first-order valence-electron chi connectivity index (χ1n) is 29.2. The summed E-state index contributed by atoms with van der Waals surface area (Å²) in [5.41, 5.74) is 5.17. The summed E-state index contributed by atoms with van der Waals surface area (Å²) in [4.78, 5) is 65.1. The van der Waals surface area contributed by atoms with E-state index >= 15 is 19.2 Å². The Morgan fingerprint density at radius 2 is 0.465 bits per heavy atom. The van der Waals surface area contributed by atoms with Crippen molar-refractivity contribution in [3.05, 3.63) is 226 Å². The number of carbonyl (C=O) groups excluding carboxylic acids is 4. The van der Waals surface area contributed by atoms with Gasteiger partial charge in [0.25, 0.3) is 23.6 Å². The predicted octanol–water partition coefficient (Wildman–Crippen LogP) is 19.7.